The van der Waals surface area contributed by atoms with Crippen molar-refractivity contribution in [3.05, 3.63) is 87.0 Å². The Labute approximate surface area is 203 Å². The zero-order chi connectivity index (χ0) is 23.8. The standard InChI is InChI=1S/C24H20ClFNO3PS2/c1-2-14-4-3-5-19(25)18(14)13-33(29,30)17-8-9-22-20(12-17)27-24(28)23(32-22)10-15-6-7-16(26)11-21(15)31/h3-12H,2,13,31H2,1H3,(H,27,28)/b23-10-. The number of carbonyl (C=O) groups excluding carboxylic acids is 1. The fourth-order valence-electron chi connectivity index (χ4n) is 3.52. The molecule has 1 heterocycles. The van der Waals surface area contributed by atoms with Gasteiger partial charge >= 0.3 is 0 Å². The van der Waals surface area contributed by atoms with Gasteiger partial charge in [0, 0.05) is 9.92 Å². The van der Waals surface area contributed by atoms with Crippen LogP contribution in [0.25, 0.3) is 6.08 Å². The Hall–Kier alpha value is -2.18. The minimum Gasteiger partial charge on any atom is -0.320 e. The van der Waals surface area contributed by atoms with Gasteiger partial charge < -0.3 is 5.32 Å². The fraction of sp³-hybridized carbons (Fsp3) is 0.125. The number of anilines is 1. The van der Waals surface area contributed by atoms with Crippen LogP contribution in [0.3, 0.4) is 0 Å². The summed E-state index contributed by atoms with van der Waals surface area (Å²) in [4.78, 5) is 13.9. The van der Waals surface area contributed by atoms with Crippen LogP contribution in [0.1, 0.15) is 23.6 Å². The minimum absolute atomic E-state index is 0.113. The van der Waals surface area contributed by atoms with E-state index >= 15 is 0 Å². The van der Waals surface area contributed by atoms with Crippen molar-refractivity contribution >= 4 is 65.4 Å². The van der Waals surface area contributed by atoms with E-state index in [2.05, 4.69) is 14.6 Å². The third-order valence-electron chi connectivity index (χ3n) is 5.27. The first-order chi connectivity index (χ1) is 15.7. The molecule has 1 unspecified atom stereocenters. The van der Waals surface area contributed by atoms with Crippen molar-refractivity contribution in [2.45, 2.75) is 28.9 Å². The third-order valence-corrected chi connectivity index (χ3v) is 8.86. The lowest BCUT2D eigenvalue weighted by molar-refractivity contribution is -0.112. The van der Waals surface area contributed by atoms with Gasteiger partial charge in [-0.2, -0.15) is 0 Å². The summed E-state index contributed by atoms with van der Waals surface area (Å²) in [6, 6.07) is 14.4. The van der Waals surface area contributed by atoms with Gasteiger partial charge in [0.25, 0.3) is 5.91 Å². The molecule has 1 atom stereocenters. The van der Waals surface area contributed by atoms with Crippen LogP contribution < -0.4 is 10.6 Å². The van der Waals surface area contributed by atoms with Gasteiger partial charge in [-0.15, -0.1) is 9.24 Å². The zero-order valence-corrected chi connectivity index (χ0v) is 21.1. The molecule has 0 aromatic heterocycles. The van der Waals surface area contributed by atoms with Crippen molar-refractivity contribution in [2.75, 3.05) is 5.32 Å². The molecule has 1 N–H and O–H groups in total. The van der Waals surface area contributed by atoms with E-state index in [9.17, 15) is 17.6 Å². The summed E-state index contributed by atoms with van der Waals surface area (Å²) in [5.74, 6) is -0.928. The van der Waals surface area contributed by atoms with E-state index in [-0.39, 0.29) is 22.4 Å². The molecular formula is C24H20ClFNO3PS2. The van der Waals surface area contributed by atoms with Crippen molar-refractivity contribution in [3.63, 3.8) is 0 Å². The smallest absolute Gasteiger partial charge is 0.262 e. The molecule has 9 heteroatoms. The number of thioether (sulfide) groups is 1. The Bertz CT molecular complexity index is 1410. The summed E-state index contributed by atoms with van der Waals surface area (Å²) >= 11 is 7.52. The van der Waals surface area contributed by atoms with Crippen LogP contribution in [-0.4, -0.2) is 14.3 Å². The lowest BCUT2D eigenvalue weighted by Crippen LogP contribution is -2.18. The summed E-state index contributed by atoms with van der Waals surface area (Å²) in [7, 11) is -1.24. The fourth-order valence-corrected chi connectivity index (χ4v) is 6.58. The van der Waals surface area contributed by atoms with Crippen molar-refractivity contribution in [2.24, 2.45) is 0 Å². The second kappa shape index (κ2) is 9.59. The lowest BCUT2D eigenvalue weighted by atomic mass is 10.1. The summed E-state index contributed by atoms with van der Waals surface area (Å²) in [6.45, 7) is 1.95. The highest BCUT2D eigenvalue weighted by Gasteiger charge is 2.25. The Morgan fingerprint density at radius 2 is 1.94 bits per heavy atom. The van der Waals surface area contributed by atoms with E-state index in [1.807, 2.05) is 13.0 Å². The zero-order valence-electron chi connectivity index (χ0n) is 17.6. The van der Waals surface area contributed by atoms with Gasteiger partial charge in [-0.05, 0) is 70.9 Å². The number of hydrogen-bond donors (Lipinski definition) is 1. The molecule has 0 radical (unpaired) electrons. The van der Waals surface area contributed by atoms with Crippen LogP contribution >= 0.6 is 32.6 Å². The molecule has 3 aromatic rings. The molecule has 0 saturated heterocycles. The molecule has 0 saturated carbocycles. The van der Waals surface area contributed by atoms with Gasteiger partial charge in [-0.3, -0.25) is 4.79 Å². The molecule has 4 rings (SSSR count). The Balaban J connectivity index is 1.63. The minimum atomic E-state index is -3.69. The molecule has 0 bridgehead atoms. The van der Waals surface area contributed by atoms with Gasteiger partial charge in [0.1, 0.15) is 5.82 Å². The molecule has 1 aliphatic heterocycles. The highest BCUT2D eigenvalue weighted by atomic mass is 35.5. The van der Waals surface area contributed by atoms with E-state index in [0.717, 1.165) is 10.5 Å². The molecule has 4 nitrogen and oxygen atoms in total. The van der Waals surface area contributed by atoms with Gasteiger partial charge in [0.05, 0.1) is 21.2 Å². The van der Waals surface area contributed by atoms with Gasteiger partial charge in [0.2, 0.25) is 0 Å². The SMILES string of the molecule is CCc1cccc(Cl)c1CS(=O)(=O)c1ccc2c(c1)NC(=O)/C(=C/c1ccc(F)cc1P)S2. The second-order valence-electron chi connectivity index (χ2n) is 7.49. The number of benzene rings is 3. The summed E-state index contributed by atoms with van der Waals surface area (Å²) < 4.78 is 39.6. The number of nitrogens with one attached hydrogen (secondary N) is 1. The van der Waals surface area contributed by atoms with E-state index < -0.39 is 9.84 Å². The molecule has 1 amide bonds. The number of rotatable bonds is 5. The third kappa shape index (κ3) is 5.17. The van der Waals surface area contributed by atoms with Crippen LogP contribution in [0.15, 0.2) is 69.3 Å². The van der Waals surface area contributed by atoms with Crippen LogP contribution in [0.2, 0.25) is 5.02 Å². The van der Waals surface area contributed by atoms with Crippen LogP contribution in [0.5, 0.6) is 0 Å². The molecule has 3 aromatic carbocycles. The maximum absolute atomic E-state index is 13.4. The van der Waals surface area contributed by atoms with Gasteiger partial charge in [0.15, 0.2) is 9.84 Å². The Morgan fingerprint density at radius 1 is 1.15 bits per heavy atom. The topological polar surface area (TPSA) is 63.2 Å². The number of amides is 1. The van der Waals surface area contributed by atoms with E-state index in [4.69, 9.17) is 11.6 Å². The van der Waals surface area contributed by atoms with Crippen molar-refractivity contribution in [1.29, 1.82) is 0 Å². The molecule has 33 heavy (non-hydrogen) atoms. The number of fused-ring (bicyclic) bond motifs is 1. The van der Waals surface area contributed by atoms with Crippen molar-refractivity contribution in [1.82, 2.24) is 0 Å². The van der Waals surface area contributed by atoms with Crippen LogP contribution in [0, 0.1) is 5.82 Å². The van der Waals surface area contributed by atoms with Crippen LogP contribution in [-0.2, 0) is 26.8 Å². The van der Waals surface area contributed by atoms with Gasteiger partial charge in [-0.25, -0.2) is 12.8 Å². The molecule has 0 aliphatic carbocycles. The maximum Gasteiger partial charge on any atom is 0.262 e. The van der Waals surface area contributed by atoms with E-state index in [0.29, 0.717) is 38.5 Å². The Morgan fingerprint density at radius 3 is 2.67 bits per heavy atom. The summed E-state index contributed by atoms with van der Waals surface area (Å²) in [6.07, 6.45) is 2.35. The van der Waals surface area contributed by atoms with E-state index in [1.54, 1.807) is 30.3 Å². The molecule has 1 aliphatic rings. The van der Waals surface area contributed by atoms with E-state index in [1.165, 1.54) is 36.0 Å². The quantitative estimate of drug-likeness (QED) is 0.352. The van der Waals surface area contributed by atoms with Gasteiger partial charge in [-0.1, -0.05) is 48.5 Å². The highest BCUT2D eigenvalue weighted by molar-refractivity contribution is 8.04. The first-order valence-corrected chi connectivity index (χ1v) is 13.5. The van der Waals surface area contributed by atoms with Crippen LogP contribution in [0.4, 0.5) is 10.1 Å². The maximum atomic E-state index is 13.4. The largest absolute Gasteiger partial charge is 0.320 e. The molecule has 0 fully saturated rings. The average Bonchev–Trinajstić information content (AvgIpc) is 2.77. The first-order valence-electron chi connectivity index (χ1n) is 10.1. The monoisotopic (exact) mass is 519 g/mol. The number of carbonyl (C=O) groups is 1. The number of aryl methyl sites for hydroxylation is 1. The molecule has 0 spiro atoms. The summed E-state index contributed by atoms with van der Waals surface area (Å²) in [5, 5.41) is 3.83. The molecular weight excluding hydrogens is 500 g/mol. The predicted octanol–water partition coefficient (Wildman–Crippen LogP) is 5.60. The normalized spacial score (nSPS) is 14.8. The number of hydrogen-bond acceptors (Lipinski definition) is 4. The number of sulfone groups is 1. The van der Waals surface area contributed by atoms with Crippen molar-refractivity contribution in [3.8, 4) is 0 Å². The van der Waals surface area contributed by atoms with Crippen molar-refractivity contribution < 1.29 is 17.6 Å². The highest BCUT2D eigenvalue weighted by Crippen LogP contribution is 2.40. The Kier molecular flexibility index (Phi) is 6.96. The average molecular weight is 520 g/mol. The second-order valence-corrected chi connectivity index (χ2v) is 11.6. The lowest BCUT2D eigenvalue weighted by Gasteiger charge is -2.20. The molecule has 170 valence electrons. The first kappa shape index (κ1) is 24.0. The number of halogens is 2. The predicted molar refractivity (Wildman–Crippen MR) is 136 cm³/mol. The summed E-state index contributed by atoms with van der Waals surface area (Å²) in [5.41, 5.74) is 2.61.